The highest BCUT2D eigenvalue weighted by Gasteiger charge is 2.30. The first-order valence-electron chi connectivity index (χ1n) is 6.12. The van der Waals surface area contributed by atoms with E-state index in [1.54, 1.807) is 0 Å². The fourth-order valence-electron chi connectivity index (χ4n) is 1.72. The summed E-state index contributed by atoms with van der Waals surface area (Å²) < 4.78 is 56.2. The Balaban J connectivity index is 0.000000593. The van der Waals surface area contributed by atoms with E-state index < -0.39 is 28.7 Å². The molecule has 1 aliphatic heterocycles. The predicted octanol–water partition coefficient (Wildman–Crippen LogP) is 1.67. The molecule has 0 unspecified atom stereocenters. The Morgan fingerprint density at radius 3 is 2.17 bits per heavy atom. The number of nitrogens with zero attached hydrogens (tertiary/aromatic N) is 1. The Morgan fingerprint density at radius 2 is 1.70 bits per heavy atom. The van der Waals surface area contributed by atoms with E-state index in [9.17, 15) is 31.2 Å². The second-order valence-corrected chi connectivity index (χ2v) is 5.87. The van der Waals surface area contributed by atoms with Gasteiger partial charge in [-0.2, -0.15) is 26.7 Å². The number of aromatic carboxylic acids is 1. The molecule has 7 nitrogen and oxygen atoms in total. The lowest BCUT2D eigenvalue weighted by atomic mass is 10.1. The highest BCUT2D eigenvalue weighted by atomic mass is 32.2. The van der Waals surface area contributed by atoms with Gasteiger partial charge >= 0.3 is 12.6 Å². The van der Waals surface area contributed by atoms with Gasteiger partial charge in [-0.15, -0.1) is 4.28 Å². The lowest BCUT2D eigenvalue weighted by Gasteiger charge is -2.25. The fraction of sp³-hybridized carbons (Fsp3) is 0.333. The minimum absolute atomic E-state index is 0.103. The first-order chi connectivity index (χ1) is 10.6. The molecule has 1 aromatic carbocycles. The number of hydrogen-bond donors (Lipinski definition) is 1. The summed E-state index contributed by atoms with van der Waals surface area (Å²) in [6, 6.07) is 5.57. The highest BCUT2D eigenvalue weighted by Crippen LogP contribution is 2.17. The summed E-state index contributed by atoms with van der Waals surface area (Å²) in [6.45, 7) is -3.56. The number of carbonyl (C=O) groups is 2. The van der Waals surface area contributed by atoms with E-state index >= 15 is 0 Å². The van der Waals surface area contributed by atoms with Gasteiger partial charge in [0.25, 0.3) is 16.0 Å². The van der Waals surface area contributed by atoms with E-state index in [-0.39, 0.29) is 29.8 Å². The van der Waals surface area contributed by atoms with Gasteiger partial charge < -0.3 is 5.11 Å². The minimum atomic E-state index is -3.76. The van der Waals surface area contributed by atoms with Crippen molar-refractivity contribution < 1.29 is 40.6 Å². The van der Waals surface area contributed by atoms with Crippen molar-refractivity contribution in [3.8, 4) is 0 Å². The van der Waals surface area contributed by atoms with Crippen LogP contribution in [0.15, 0.2) is 24.3 Å². The van der Waals surface area contributed by atoms with Crippen LogP contribution in [-0.2, 0) is 14.4 Å². The molecular weight excluding hydrogens is 343 g/mol. The van der Waals surface area contributed by atoms with E-state index in [4.69, 9.17) is 5.11 Å². The van der Waals surface area contributed by atoms with Gasteiger partial charge in [-0.25, -0.2) is 4.79 Å². The van der Waals surface area contributed by atoms with Crippen LogP contribution < -0.4 is 0 Å². The van der Waals surface area contributed by atoms with Crippen LogP contribution in [0.3, 0.4) is 0 Å². The van der Waals surface area contributed by atoms with E-state index in [0.29, 0.717) is 5.06 Å². The summed E-state index contributed by atoms with van der Waals surface area (Å²) in [5, 5.41) is 9.67. The van der Waals surface area contributed by atoms with Gasteiger partial charge in [0.15, 0.2) is 0 Å². The second kappa shape index (κ2) is 7.92. The molecule has 23 heavy (non-hydrogen) atoms. The molecule has 0 radical (unpaired) electrons. The summed E-state index contributed by atoms with van der Waals surface area (Å²) in [7, 11) is -3.76. The quantitative estimate of drug-likeness (QED) is 0.866. The Labute approximate surface area is 129 Å². The van der Waals surface area contributed by atoms with Crippen molar-refractivity contribution in [2.24, 2.45) is 0 Å². The second-order valence-electron chi connectivity index (χ2n) is 4.20. The number of carbonyl (C=O) groups excluding carboxylic acids is 1. The number of carboxylic acid groups (broad SMARTS) is 1. The molecule has 128 valence electrons. The number of halogens is 3. The predicted molar refractivity (Wildman–Crippen MR) is 71.0 cm³/mol. The zero-order valence-corrected chi connectivity index (χ0v) is 12.3. The molecule has 0 bridgehead atoms. The lowest BCUT2D eigenvalue weighted by Crippen LogP contribution is -2.40. The molecule has 1 N–H and O–H groups in total. The van der Waals surface area contributed by atoms with Gasteiger partial charge in [-0.05, 0) is 18.6 Å². The molecule has 0 spiro atoms. The van der Waals surface area contributed by atoms with E-state index in [0.717, 1.165) is 0 Å². The molecule has 1 saturated heterocycles. The molecule has 2 rings (SSSR count). The summed E-state index contributed by atoms with van der Waals surface area (Å²) >= 11 is 0. The van der Waals surface area contributed by atoms with Crippen molar-refractivity contribution in [2.75, 3.05) is 12.3 Å². The molecule has 1 aromatic rings. The molecule has 1 aliphatic rings. The lowest BCUT2D eigenvalue weighted by molar-refractivity contribution is -0.0347. The van der Waals surface area contributed by atoms with E-state index in [1.165, 1.54) is 24.3 Å². The average Bonchev–Trinajstić information content (AvgIpc) is 2.44. The molecular formula is C12H12F3NO6S. The maximum Gasteiger partial charge on any atom is 0.379 e. The van der Waals surface area contributed by atoms with Crippen LogP contribution in [0.5, 0.6) is 0 Å². The Kier molecular flexibility index (Phi) is 6.51. The average molecular weight is 355 g/mol. The first kappa shape index (κ1) is 18.9. The van der Waals surface area contributed by atoms with Crippen LogP contribution >= 0.6 is 0 Å². The van der Waals surface area contributed by atoms with Crippen LogP contribution in [0.4, 0.5) is 13.2 Å². The number of hydrogen-bond acceptors (Lipinski definition) is 5. The smallest absolute Gasteiger partial charge is 0.379 e. The standard InChI is InChI=1S/C11H11NO6S.CHF3/c13-10(12-6-3-7-19(16,17)18-12)8-4-1-2-5-9(8)11(14)15;2-1(3)4/h1-2,4-5H,3,6-7H2,(H,14,15);1H. The van der Waals surface area contributed by atoms with Gasteiger partial charge in [-0.1, -0.05) is 12.1 Å². The Morgan fingerprint density at radius 1 is 1.17 bits per heavy atom. The van der Waals surface area contributed by atoms with Gasteiger partial charge in [0.2, 0.25) is 0 Å². The van der Waals surface area contributed by atoms with E-state index in [2.05, 4.69) is 4.28 Å². The number of hydroxylamine groups is 2. The fourth-order valence-corrected chi connectivity index (χ4v) is 2.70. The maximum absolute atomic E-state index is 12.1. The topological polar surface area (TPSA) is 101 Å². The first-order valence-corrected chi connectivity index (χ1v) is 7.70. The van der Waals surface area contributed by atoms with Gasteiger partial charge in [0.05, 0.1) is 23.4 Å². The van der Waals surface area contributed by atoms with Gasteiger partial charge in [-0.3, -0.25) is 4.79 Å². The van der Waals surface area contributed by atoms with Crippen LogP contribution in [0, 0.1) is 0 Å². The monoisotopic (exact) mass is 355 g/mol. The number of amides is 1. The normalized spacial score (nSPS) is 16.4. The zero-order valence-electron chi connectivity index (χ0n) is 11.5. The molecule has 1 fully saturated rings. The van der Waals surface area contributed by atoms with Gasteiger partial charge in [0.1, 0.15) is 0 Å². The summed E-state index contributed by atoms with van der Waals surface area (Å²) in [6.07, 6.45) is 0.253. The van der Waals surface area contributed by atoms with Crippen LogP contribution in [0.1, 0.15) is 27.1 Å². The maximum atomic E-state index is 12.1. The molecule has 0 atom stereocenters. The van der Waals surface area contributed by atoms with Crippen molar-refractivity contribution in [2.45, 2.75) is 13.1 Å². The number of rotatable bonds is 2. The highest BCUT2D eigenvalue weighted by molar-refractivity contribution is 7.86. The largest absolute Gasteiger partial charge is 0.478 e. The van der Waals surface area contributed by atoms with Crippen molar-refractivity contribution in [1.29, 1.82) is 0 Å². The number of benzene rings is 1. The Hall–Kier alpha value is -2.14. The molecule has 11 heteroatoms. The van der Waals surface area contributed by atoms with Crippen LogP contribution in [0.25, 0.3) is 0 Å². The minimum Gasteiger partial charge on any atom is -0.478 e. The molecule has 0 aromatic heterocycles. The third-order valence-corrected chi connectivity index (χ3v) is 3.77. The van der Waals surface area contributed by atoms with Crippen molar-refractivity contribution in [1.82, 2.24) is 5.06 Å². The van der Waals surface area contributed by atoms with Gasteiger partial charge in [0, 0.05) is 0 Å². The van der Waals surface area contributed by atoms with Crippen molar-refractivity contribution >= 4 is 22.0 Å². The van der Waals surface area contributed by atoms with E-state index in [1.807, 2.05) is 0 Å². The van der Waals surface area contributed by atoms with Crippen LogP contribution in [0.2, 0.25) is 0 Å². The summed E-state index contributed by atoms with van der Waals surface area (Å²) in [5.74, 6) is -2.19. The molecule has 1 heterocycles. The Bertz CT molecular complexity index is 676. The summed E-state index contributed by atoms with van der Waals surface area (Å²) in [5.41, 5.74) is -0.300. The van der Waals surface area contributed by atoms with Crippen molar-refractivity contribution in [3.63, 3.8) is 0 Å². The molecule has 0 aliphatic carbocycles. The zero-order chi connectivity index (χ0) is 17.6. The summed E-state index contributed by atoms with van der Waals surface area (Å²) in [4.78, 5) is 23.1. The molecule has 1 amide bonds. The third-order valence-electron chi connectivity index (χ3n) is 2.57. The number of carboxylic acids is 1. The SMILES string of the molecule is FC(F)F.O=C(O)c1ccccc1C(=O)N1CCCS(=O)(=O)O1. The van der Waals surface area contributed by atoms with Crippen molar-refractivity contribution in [3.05, 3.63) is 35.4 Å². The third kappa shape index (κ3) is 5.87. The van der Waals surface area contributed by atoms with Crippen LogP contribution in [-0.4, -0.2) is 49.4 Å². The number of alkyl halides is 3. The molecule has 0 saturated carbocycles.